The quantitative estimate of drug-likeness (QED) is 0.865. The van der Waals surface area contributed by atoms with Crippen LogP contribution >= 0.6 is 11.3 Å². The molecule has 2 N–H and O–H groups in total. The standard InChI is InChI=1S/C12H15NO3S/c1-6-3-10(17-7(6)2)11(14)13-9-4-8(5-9)12(15)16/h3,8-9H,4-5H2,1-2H3,(H,13,14)(H,15,16). The molecule has 0 atom stereocenters. The van der Waals surface area contributed by atoms with Crippen LogP contribution in [0.25, 0.3) is 0 Å². The molecule has 1 amide bonds. The Kier molecular flexibility index (Phi) is 3.19. The maximum atomic E-state index is 11.8. The number of amides is 1. The van der Waals surface area contributed by atoms with Crippen LogP contribution in [0.4, 0.5) is 0 Å². The molecule has 0 radical (unpaired) electrons. The van der Waals surface area contributed by atoms with Gasteiger partial charge in [0.1, 0.15) is 0 Å². The lowest BCUT2D eigenvalue weighted by atomic mass is 9.80. The zero-order valence-corrected chi connectivity index (χ0v) is 10.6. The number of rotatable bonds is 3. The number of carboxylic acid groups (broad SMARTS) is 1. The van der Waals surface area contributed by atoms with Crippen LogP contribution in [-0.4, -0.2) is 23.0 Å². The van der Waals surface area contributed by atoms with Crippen molar-refractivity contribution in [2.24, 2.45) is 5.92 Å². The Bertz CT molecular complexity index is 441. The van der Waals surface area contributed by atoms with E-state index in [-0.39, 0.29) is 17.9 Å². The molecule has 0 aromatic carbocycles. The van der Waals surface area contributed by atoms with E-state index in [1.165, 1.54) is 11.3 Å². The second-order valence-corrected chi connectivity index (χ2v) is 5.78. The molecular formula is C12H15NO3S. The van der Waals surface area contributed by atoms with Gasteiger partial charge in [-0.25, -0.2) is 0 Å². The molecule has 1 aliphatic carbocycles. The lowest BCUT2D eigenvalue weighted by Crippen LogP contribution is -2.46. The molecule has 0 saturated heterocycles. The predicted molar refractivity (Wildman–Crippen MR) is 65.4 cm³/mol. The molecule has 1 aromatic heterocycles. The van der Waals surface area contributed by atoms with Gasteiger partial charge in [0.2, 0.25) is 0 Å². The molecule has 92 valence electrons. The van der Waals surface area contributed by atoms with Crippen LogP contribution in [0, 0.1) is 19.8 Å². The van der Waals surface area contributed by atoms with Gasteiger partial charge in [0.15, 0.2) is 0 Å². The summed E-state index contributed by atoms with van der Waals surface area (Å²) in [4.78, 5) is 24.3. The minimum atomic E-state index is -0.765. The second-order valence-electron chi connectivity index (χ2n) is 4.53. The Morgan fingerprint density at radius 1 is 1.41 bits per heavy atom. The third kappa shape index (κ3) is 2.49. The van der Waals surface area contributed by atoms with Crippen molar-refractivity contribution in [2.75, 3.05) is 0 Å². The molecule has 0 unspecified atom stereocenters. The van der Waals surface area contributed by atoms with Crippen molar-refractivity contribution < 1.29 is 14.7 Å². The van der Waals surface area contributed by atoms with E-state index in [0.717, 1.165) is 10.4 Å². The Morgan fingerprint density at radius 3 is 2.53 bits per heavy atom. The molecule has 17 heavy (non-hydrogen) atoms. The van der Waals surface area contributed by atoms with Gasteiger partial charge in [-0.05, 0) is 38.3 Å². The summed E-state index contributed by atoms with van der Waals surface area (Å²) in [5, 5.41) is 11.6. The normalized spacial score (nSPS) is 22.9. The first kappa shape index (κ1) is 12.1. The summed E-state index contributed by atoms with van der Waals surface area (Å²) in [5.41, 5.74) is 1.12. The van der Waals surface area contributed by atoms with E-state index < -0.39 is 5.97 Å². The maximum Gasteiger partial charge on any atom is 0.306 e. The summed E-state index contributed by atoms with van der Waals surface area (Å²) < 4.78 is 0. The summed E-state index contributed by atoms with van der Waals surface area (Å²) in [5.74, 6) is -1.13. The monoisotopic (exact) mass is 253 g/mol. The number of thiophene rings is 1. The van der Waals surface area contributed by atoms with E-state index in [2.05, 4.69) is 5.32 Å². The third-order valence-electron chi connectivity index (χ3n) is 3.21. The molecule has 4 nitrogen and oxygen atoms in total. The van der Waals surface area contributed by atoms with Crippen LogP contribution < -0.4 is 5.32 Å². The first-order chi connectivity index (χ1) is 7.97. The minimum absolute atomic E-state index is 0.0197. The van der Waals surface area contributed by atoms with Gasteiger partial charge in [0.25, 0.3) is 5.91 Å². The maximum absolute atomic E-state index is 11.8. The third-order valence-corrected chi connectivity index (χ3v) is 4.36. The SMILES string of the molecule is Cc1cc(C(=O)NC2CC(C(=O)O)C2)sc1C. The van der Waals surface area contributed by atoms with E-state index >= 15 is 0 Å². The number of carbonyl (C=O) groups is 2. The molecule has 1 fully saturated rings. The largest absolute Gasteiger partial charge is 0.481 e. The van der Waals surface area contributed by atoms with Crippen molar-refractivity contribution in [2.45, 2.75) is 32.7 Å². The summed E-state index contributed by atoms with van der Waals surface area (Å²) in [6, 6.07) is 1.90. The fraction of sp³-hybridized carbons (Fsp3) is 0.500. The van der Waals surface area contributed by atoms with E-state index in [4.69, 9.17) is 5.11 Å². The zero-order valence-electron chi connectivity index (χ0n) is 9.82. The van der Waals surface area contributed by atoms with E-state index in [0.29, 0.717) is 17.7 Å². The number of aryl methyl sites for hydroxylation is 2. The van der Waals surface area contributed by atoms with Crippen molar-refractivity contribution in [3.63, 3.8) is 0 Å². The van der Waals surface area contributed by atoms with Crippen LogP contribution in [-0.2, 0) is 4.79 Å². The highest BCUT2D eigenvalue weighted by atomic mass is 32.1. The molecule has 1 saturated carbocycles. The highest BCUT2D eigenvalue weighted by molar-refractivity contribution is 7.14. The van der Waals surface area contributed by atoms with Crippen molar-refractivity contribution >= 4 is 23.2 Å². The Balaban J connectivity index is 1.89. The number of nitrogens with one attached hydrogen (secondary N) is 1. The number of hydrogen-bond acceptors (Lipinski definition) is 3. The summed E-state index contributed by atoms with van der Waals surface area (Å²) in [7, 11) is 0. The Hall–Kier alpha value is -1.36. The van der Waals surface area contributed by atoms with Gasteiger partial charge in [-0.1, -0.05) is 0 Å². The van der Waals surface area contributed by atoms with Crippen molar-refractivity contribution in [1.82, 2.24) is 5.32 Å². The van der Waals surface area contributed by atoms with Gasteiger partial charge >= 0.3 is 5.97 Å². The molecule has 1 heterocycles. The van der Waals surface area contributed by atoms with Gasteiger partial charge < -0.3 is 10.4 Å². The zero-order chi connectivity index (χ0) is 12.6. The molecule has 0 bridgehead atoms. The Labute approximate surface area is 104 Å². The molecule has 1 aromatic rings. The Morgan fingerprint density at radius 2 is 2.06 bits per heavy atom. The summed E-state index contributed by atoms with van der Waals surface area (Å²) in [6.45, 7) is 3.97. The molecule has 0 spiro atoms. The number of aliphatic carboxylic acids is 1. The molecule has 1 aliphatic rings. The van der Waals surface area contributed by atoms with Gasteiger partial charge in [0.05, 0.1) is 10.8 Å². The van der Waals surface area contributed by atoms with Gasteiger partial charge in [-0.2, -0.15) is 0 Å². The van der Waals surface area contributed by atoms with Crippen molar-refractivity contribution in [3.8, 4) is 0 Å². The highest BCUT2D eigenvalue weighted by Crippen LogP contribution is 2.28. The van der Waals surface area contributed by atoms with Gasteiger partial charge in [0, 0.05) is 10.9 Å². The first-order valence-electron chi connectivity index (χ1n) is 5.58. The first-order valence-corrected chi connectivity index (χ1v) is 6.39. The fourth-order valence-corrected chi connectivity index (χ4v) is 2.82. The number of hydrogen-bond donors (Lipinski definition) is 2. The van der Waals surface area contributed by atoms with Crippen LogP contribution in [0.15, 0.2) is 6.07 Å². The molecule has 5 heteroatoms. The fourth-order valence-electron chi connectivity index (χ4n) is 1.88. The lowest BCUT2D eigenvalue weighted by molar-refractivity contribution is -0.145. The number of carbonyl (C=O) groups excluding carboxylic acids is 1. The average molecular weight is 253 g/mol. The van der Waals surface area contributed by atoms with Crippen molar-refractivity contribution in [1.29, 1.82) is 0 Å². The summed E-state index contributed by atoms with van der Waals surface area (Å²) in [6.07, 6.45) is 1.09. The molecular weight excluding hydrogens is 238 g/mol. The molecule has 2 rings (SSSR count). The second kappa shape index (κ2) is 4.49. The van der Waals surface area contributed by atoms with Crippen LogP contribution in [0.5, 0.6) is 0 Å². The van der Waals surface area contributed by atoms with Crippen LogP contribution in [0.1, 0.15) is 33.0 Å². The lowest BCUT2D eigenvalue weighted by Gasteiger charge is -2.32. The summed E-state index contributed by atoms with van der Waals surface area (Å²) >= 11 is 1.48. The van der Waals surface area contributed by atoms with Gasteiger partial charge in [-0.15, -0.1) is 11.3 Å². The van der Waals surface area contributed by atoms with Crippen LogP contribution in [0.3, 0.4) is 0 Å². The van der Waals surface area contributed by atoms with E-state index in [1.54, 1.807) is 0 Å². The average Bonchev–Trinajstić information content (AvgIpc) is 2.51. The van der Waals surface area contributed by atoms with Crippen molar-refractivity contribution in [3.05, 3.63) is 21.4 Å². The molecule has 0 aliphatic heterocycles. The topological polar surface area (TPSA) is 66.4 Å². The minimum Gasteiger partial charge on any atom is -0.481 e. The smallest absolute Gasteiger partial charge is 0.306 e. The predicted octanol–water partition coefficient (Wildman–Crippen LogP) is 1.96. The highest BCUT2D eigenvalue weighted by Gasteiger charge is 2.35. The van der Waals surface area contributed by atoms with Gasteiger partial charge in [-0.3, -0.25) is 9.59 Å². The number of carboxylic acids is 1. The van der Waals surface area contributed by atoms with Crippen LogP contribution in [0.2, 0.25) is 0 Å². The van der Waals surface area contributed by atoms with E-state index in [1.807, 2.05) is 19.9 Å². The van der Waals surface area contributed by atoms with E-state index in [9.17, 15) is 9.59 Å².